The highest BCUT2D eigenvalue weighted by Crippen LogP contribution is 2.27. The molecule has 0 spiro atoms. The molecule has 5 nitrogen and oxygen atoms in total. The third kappa shape index (κ3) is 4.24. The Kier molecular flexibility index (Phi) is 5.20. The second-order valence-electron chi connectivity index (χ2n) is 6.53. The van der Waals surface area contributed by atoms with Crippen LogP contribution in [0.25, 0.3) is 10.9 Å². The van der Waals surface area contributed by atoms with E-state index in [1.54, 1.807) is 24.5 Å². The average molecular weight is 392 g/mol. The van der Waals surface area contributed by atoms with Crippen molar-refractivity contribution >= 4 is 28.5 Å². The van der Waals surface area contributed by atoms with Crippen LogP contribution in [-0.2, 0) is 6.42 Å². The van der Waals surface area contributed by atoms with E-state index in [9.17, 15) is 13.9 Å². The molecular weight excluding hydrogens is 374 g/mol. The van der Waals surface area contributed by atoms with Gasteiger partial charge in [-0.25, -0.2) is 8.78 Å². The maximum Gasteiger partial charge on any atom is 0.198 e. The van der Waals surface area contributed by atoms with Crippen molar-refractivity contribution in [3.63, 3.8) is 0 Å². The summed E-state index contributed by atoms with van der Waals surface area (Å²) in [5, 5.41) is 13.6. The highest BCUT2D eigenvalue weighted by atomic mass is 19.1. The normalized spacial score (nSPS) is 11.4. The van der Waals surface area contributed by atoms with E-state index in [1.807, 2.05) is 12.1 Å². The summed E-state index contributed by atoms with van der Waals surface area (Å²) in [6.07, 6.45) is 5.59. The fourth-order valence-corrected chi connectivity index (χ4v) is 3.06. The highest BCUT2D eigenvalue weighted by molar-refractivity contribution is 6.02. The molecule has 2 aromatic heterocycles. The van der Waals surface area contributed by atoms with Crippen LogP contribution in [0, 0.1) is 11.6 Å². The van der Waals surface area contributed by atoms with Crippen molar-refractivity contribution in [2.45, 2.75) is 6.42 Å². The summed E-state index contributed by atoms with van der Waals surface area (Å²) in [5.74, 6) is -0.966. The molecule has 0 saturated heterocycles. The number of nitrogens with one attached hydrogen (secondary N) is 2. The number of hydrogen-bond acceptors (Lipinski definition) is 4. The number of nitrogens with zero attached hydrogens (tertiary/aromatic N) is 2. The quantitative estimate of drug-likeness (QED) is 0.407. The fourth-order valence-electron chi connectivity index (χ4n) is 3.06. The average Bonchev–Trinajstić information content (AvgIpc) is 3.03. The molecule has 0 saturated carbocycles. The number of rotatable bonds is 6. The number of halogens is 2. The second kappa shape index (κ2) is 8.10. The molecule has 0 aliphatic rings. The number of benzene rings is 2. The lowest BCUT2D eigenvalue weighted by Gasteiger charge is -2.08. The molecule has 29 heavy (non-hydrogen) atoms. The number of aromatic nitrogens is 2. The van der Waals surface area contributed by atoms with Crippen LogP contribution in [0.4, 0.5) is 20.2 Å². The van der Waals surface area contributed by atoms with Gasteiger partial charge in [0.05, 0.1) is 16.9 Å². The molecule has 0 aliphatic heterocycles. The number of anilines is 1. The van der Waals surface area contributed by atoms with E-state index in [1.165, 1.54) is 30.5 Å². The summed E-state index contributed by atoms with van der Waals surface area (Å²) in [6.45, 7) is 0.582. The van der Waals surface area contributed by atoms with Crippen molar-refractivity contribution in [1.29, 1.82) is 0 Å². The lowest BCUT2D eigenvalue weighted by Crippen LogP contribution is -2.06. The van der Waals surface area contributed by atoms with Crippen LogP contribution >= 0.6 is 0 Å². The SMILES string of the molecule is Oc1[nH]c2ccc(F)cc2c1C=Nc1ccc(NCCc2ccncc2)c(F)c1. The van der Waals surface area contributed by atoms with Gasteiger partial charge < -0.3 is 15.4 Å². The third-order valence-corrected chi connectivity index (χ3v) is 4.55. The van der Waals surface area contributed by atoms with Gasteiger partial charge in [-0.3, -0.25) is 9.98 Å². The van der Waals surface area contributed by atoms with Gasteiger partial charge in [0.25, 0.3) is 0 Å². The second-order valence-corrected chi connectivity index (χ2v) is 6.53. The highest BCUT2D eigenvalue weighted by Gasteiger charge is 2.10. The van der Waals surface area contributed by atoms with Gasteiger partial charge in [0.1, 0.15) is 11.6 Å². The van der Waals surface area contributed by atoms with Gasteiger partial charge >= 0.3 is 0 Å². The summed E-state index contributed by atoms with van der Waals surface area (Å²) >= 11 is 0. The fraction of sp³-hybridized carbons (Fsp3) is 0.0909. The van der Waals surface area contributed by atoms with Crippen LogP contribution in [0.15, 0.2) is 65.9 Å². The molecule has 0 aliphatic carbocycles. The Labute approximate surface area is 165 Å². The number of hydrogen-bond donors (Lipinski definition) is 3. The maximum absolute atomic E-state index is 14.4. The summed E-state index contributed by atoms with van der Waals surface area (Å²) in [5.41, 5.74) is 2.82. The first-order chi connectivity index (χ1) is 14.1. The molecule has 0 amide bonds. The van der Waals surface area contributed by atoms with E-state index in [2.05, 4.69) is 20.3 Å². The van der Waals surface area contributed by atoms with E-state index in [4.69, 9.17) is 0 Å². The molecule has 0 atom stereocenters. The van der Waals surface area contributed by atoms with Gasteiger partial charge in [0, 0.05) is 42.1 Å². The summed E-state index contributed by atoms with van der Waals surface area (Å²) in [6, 6.07) is 12.6. The minimum Gasteiger partial charge on any atom is -0.494 e. The Morgan fingerprint density at radius 2 is 1.90 bits per heavy atom. The van der Waals surface area contributed by atoms with Gasteiger partial charge in [0.15, 0.2) is 5.88 Å². The molecular formula is C22H18F2N4O. The van der Waals surface area contributed by atoms with Crippen LogP contribution in [0.2, 0.25) is 0 Å². The van der Waals surface area contributed by atoms with E-state index < -0.39 is 11.6 Å². The monoisotopic (exact) mass is 392 g/mol. The zero-order valence-corrected chi connectivity index (χ0v) is 15.4. The van der Waals surface area contributed by atoms with Gasteiger partial charge in [-0.2, -0.15) is 0 Å². The minimum absolute atomic E-state index is 0.121. The van der Waals surface area contributed by atoms with E-state index in [-0.39, 0.29) is 5.88 Å². The molecule has 0 fully saturated rings. The van der Waals surface area contributed by atoms with Crippen LogP contribution in [0.5, 0.6) is 5.88 Å². The predicted molar refractivity (Wildman–Crippen MR) is 110 cm³/mol. The number of pyridine rings is 1. The molecule has 2 aromatic carbocycles. The molecule has 4 aromatic rings. The first-order valence-corrected chi connectivity index (χ1v) is 9.07. The minimum atomic E-state index is -0.427. The Hall–Kier alpha value is -3.74. The van der Waals surface area contributed by atoms with Crippen molar-refractivity contribution in [2.75, 3.05) is 11.9 Å². The lowest BCUT2D eigenvalue weighted by molar-refractivity contribution is 0.457. The summed E-state index contributed by atoms with van der Waals surface area (Å²) < 4.78 is 27.9. The Morgan fingerprint density at radius 1 is 1.07 bits per heavy atom. The van der Waals surface area contributed by atoms with Gasteiger partial charge in [-0.15, -0.1) is 0 Å². The Bertz CT molecular complexity index is 1170. The molecule has 7 heteroatoms. The maximum atomic E-state index is 14.4. The number of aromatic hydroxyl groups is 1. The number of H-pyrrole nitrogens is 1. The molecule has 0 unspecified atom stereocenters. The molecule has 2 heterocycles. The van der Waals surface area contributed by atoms with Crippen molar-refractivity contribution in [3.8, 4) is 5.88 Å². The van der Waals surface area contributed by atoms with Crippen LogP contribution in [-0.4, -0.2) is 27.8 Å². The number of aliphatic imine (C=N–C) groups is 1. The zero-order chi connectivity index (χ0) is 20.2. The molecule has 0 bridgehead atoms. The summed E-state index contributed by atoms with van der Waals surface area (Å²) in [4.78, 5) is 10.9. The van der Waals surface area contributed by atoms with Crippen LogP contribution < -0.4 is 5.32 Å². The standard InChI is InChI=1S/C22H18F2N4O/c23-15-1-3-20-17(11-15)18(22(29)28-20)13-27-16-2-4-21(19(24)12-16)26-10-7-14-5-8-25-9-6-14/h1-6,8-9,11-13,26,28-29H,7,10H2. The van der Waals surface area contributed by atoms with E-state index in [0.717, 1.165) is 12.0 Å². The first kappa shape index (κ1) is 18.6. The molecule has 3 N–H and O–H groups in total. The van der Waals surface area contributed by atoms with Crippen LogP contribution in [0.3, 0.4) is 0 Å². The summed E-state index contributed by atoms with van der Waals surface area (Å²) in [7, 11) is 0. The van der Waals surface area contributed by atoms with Crippen molar-refractivity contribution < 1.29 is 13.9 Å². The van der Waals surface area contributed by atoms with Gasteiger partial charge in [-0.1, -0.05) is 0 Å². The number of fused-ring (bicyclic) bond motifs is 1. The van der Waals surface area contributed by atoms with Crippen LogP contribution in [0.1, 0.15) is 11.1 Å². The van der Waals surface area contributed by atoms with Crippen molar-refractivity contribution in [1.82, 2.24) is 9.97 Å². The van der Waals surface area contributed by atoms with E-state index in [0.29, 0.717) is 34.4 Å². The van der Waals surface area contributed by atoms with Gasteiger partial charge in [-0.05, 0) is 54.4 Å². The number of aromatic amines is 1. The van der Waals surface area contributed by atoms with E-state index >= 15 is 0 Å². The lowest BCUT2D eigenvalue weighted by atomic mass is 10.2. The molecule has 0 radical (unpaired) electrons. The van der Waals surface area contributed by atoms with Crippen molar-refractivity contribution in [2.24, 2.45) is 4.99 Å². The third-order valence-electron chi connectivity index (χ3n) is 4.55. The van der Waals surface area contributed by atoms with Gasteiger partial charge in [0.2, 0.25) is 0 Å². The van der Waals surface area contributed by atoms with Crippen molar-refractivity contribution in [3.05, 3.63) is 83.7 Å². The molecule has 146 valence electrons. The Morgan fingerprint density at radius 3 is 2.69 bits per heavy atom. The Balaban J connectivity index is 1.47. The predicted octanol–water partition coefficient (Wildman–Crippen LogP) is 4.95. The first-order valence-electron chi connectivity index (χ1n) is 9.07. The molecule has 4 rings (SSSR count). The topological polar surface area (TPSA) is 73.3 Å². The zero-order valence-electron chi connectivity index (χ0n) is 15.4. The largest absolute Gasteiger partial charge is 0.494 e. The smallest absolute Gasteiger partial charge is 0.198 e.